The molecule has 7 heteroatoms. The van der Waals surface area contributed by atoms with Gasteiger partial charge in [0, 0.05) is 25.9 Å². The molecule has 1 amide bonds. The standard InChI is InChI=1S/C17H21N3O4/c1-4-15-18-17(24-19-15)12-8-16(21)20(10-12)9-11-5-6-13(22-2)14(7-11)23-3/h5-7,12H,4,8-10H2,1-3H3. The first kappa shape index (κ1) is 16.3. The zero-order valence-electron chi connectivity index (χ0n) is 14.1. The van der Waals surface area contributed by atoms with Crippen LogP contribution in [0.1, 0.15) is 36.5 Å². The molecule has 0 spiro atoms. The van der Waals surface area contributed by atoms with E-state index in [9.17, 15) is 4.79 Å². The van der Waals surface area contributed by atoms with Crippen molar-refractivity contribution in [1.29, 1.82) is 0 Å². The van der Waals surface area contributed by atoms with Gasteiger partial charge in [-0.1, -0.05) is 18.1 Å². The molecule has 1 aromatic heterocycles. The molecule has 7 nitrogen and oxygen atoms in total. The van der Waals surface area contributed by atoms with Crippen LogP contribution in [-0.4, -0.2) is 41.7 Å². The summed E-state index contributed by atoms with van der Waals surface area (Å²) in [7, 11) is 3.20. The minimum absolute atomic E-state index is 0.0366. The van der Waals surface area contributed by atoms with Gasteiger partial charge >= 0.3 is 0 Å². The molecule has 0 saturated carbocycles. The number of ether oxygens (including phenoxy) is 2. The Labute approximate surface area is 140 Å². The van der Waals surface area contributed by atoms with Crippen LogP contribution in [0.25, 0.3) is 0 Å². The minimum Gasteiger partial charge on any atom is -0.493 e. The lowest BCUT2D eigenvalue weighted by atomic mass is 10.1. The predicted molar refractivity (Wildman–Crippen MR) is 86.0 cm³/mol. The number of likely N-dealkylation sites (tertiary alicyclic amines) is 1. The third kappa shape index (κ3) is 3.20. The number of carbonyl (C=O) groups excluding carboxylic acids is 1. The van der Waals surface area contributed by atoms with Gasteiger partial charge < -0.3 is 18.9 Å². The molecule has 1 unspecified atom stereocenters. The van der Waals surface area contributed by atoms with Gasteiger partial charge in [-0.2, -0.15) is 4.98 Å². The first-order chi connectivity index (χ1) is 11.6. The quantitative estimate of drug-likeness (QED) is 0.807. The highest BCUT2D eigenvalue weighted by Crippen LogP contribution is 2.31. The van der Waals surface area contributed by atoms with E-state index in [0.29, 0.717) is 42.7 Å². The van der Waals surface area contributed by atoms with Gasteiger partial charge in [-0.15, -0.1) is 0 Å². The van der Waals surface area contributed by atoms with Crippen LogP contribution in [0, 0.1) is 0 Å². The molecule has 24 heavy (non-hydrogen) atoms. The molecule has 1 fully saturated rings. The summed E-state index contributed by atoms with van der Waals surface area (Å²) in [6, 6.07) is 5.67. The van der Waals surface area contributed by atoms with Crippen LogP contribution in [0.3, 0.4) is 0 Å². The van der Waals surface area contributed by atoms with E-state index in [4.69, 9.17) is 14.0 Å². The number of rotatable bonds is 6. The molecule has 1 aliphatic heterocycles. The zero-order valence-corrected chi connectivity index (χ0v) is 14.1. The van der Waals surface area contributed by atoms with E-state index in [2.05, 4.69) is 10.1 Å². The van der Waals surface area contributed by atoms with Crippen molar-refractivity contribution >= 4 is 5.91 Å². The summed E-state index contributed by atoms with van der Waals surface area (Å²) >= 11 is 0. The van der Waals surface area contributed by atoms with Crippen LogP contribution in [0.2, 0.25) is 0 Å². The first-order valence-electron chi connectivity index (χ1n) is 7.95. The van der Waals surface area contributed by atoms with Crippen molar-refractivity contribution in [2.24, 2.45) is 0 Å². The van der Waals surface area contributed by atoms with E-state index >= 15 is 0 Å². The number of aryl methyl sites for hydroxylation is 1. The lowest BCUT2D eigenvalue weighted by Gasteiger charge is -2.17. The van der Waals surface area contributed by atoms with Crippen LogP contribution in [0.4, 0.5) is 0 Å². The molecular weight excluding hydrogens is 310 g/mol. The zero-order chi connectivity index (χ0) is 17.1. The van der Waals surface area contributed by atoms with E-state index in [1.54, 1.807) is 14.2 Å². The van der Waals surface area contributed by atoms with Gasteiger partial charge in [0.15, 0.2) is 17.3 Å². The van der Waals surface area contributed by atoms with Crippen LogP contribution < -0.4 is 9.47 Å². The van der Waals surface area contributed by atoms with Crippen molar-refractivity contribution < 1.29 is 18.8 Å². The molecule has 128 valence electrons. The second kappa shape index (κ2) is 6.90. The number of benzene rings is 1. The maximum absolute atomic E-state index is 12.3. The van der Waals surface area contributed by atoms with Gasteiger partial charge in [-0.25, -0.2) is 0 Å². The SMILES string of the molecule is CCc1noc(C2CC(=O)N(Cc3ccc(OC)c(OC)c3)C2)n1. The number of aromatic nitrogens is 2. The van der Waals surface area contributed by atoms with Crippen LogP contribution in [0.5, 0.6) is 11.5 Å². The van der Waals surface area contributed by atoms with E-state index in [-0.39, 0.29) is 11.8 Å². The second-order valence-electron chi connectivity index (χ2n) is 5.77. The molecule has 1 saturated heterocycles. The van der Waals surface area contributed by atoms with Crippen LogP contribution >= 0.6 is 0 Å². The third-order valence-corrected chi connectivity index (χ3v) is 4.19. The molecule has 0 aliphatic carbocycles. The topological polar surface area (TPSA) is 77.7 Å². The normalized spacial score (nSPS) is 17.4. The maximum Gasteiger partial charge on any atom is 0.232 e. The van der Waals surface area contributed by atoms with Crippen molar-refractivity contribution in [3.05, 3.63) is 35.5 Å². The molecule has 2 heterocycles. The molecule has 1 atom stereocenters. The van der Waals surface area contributed by atoms with Crippen molar-refractivity contribution in [3.63, 3.8) is 0 Å². The molecule has 2 aromatic rings. The molecule has 3 rings (SSSR count). The maximum atomic E-state index is 12.3. The second-order valence-corrected chi connectivity index (χ2v) is 5.77. The fraction of sp³-hybridized carbons (Fsp3) is 0.471. The average Bonchev–Trinajstić information content (AvgIpc) is 3.22. The van der Waals surface area contributed by atoms with E-state index in [1.807, 2.05) is 30.0 Å². The van der Waals surface area contributed by atoms with E-state index in [0.717, 1.165) is 12.0 Å². The molecule has 1 aliphatic rings. The van der Waals surface area contributed by atoms with E-state index < -0.39 is 0 Å². The Morgan fingerprint density at radius 2 is 2.08 bits per heavy atom. The monoisotopic (exact) mass is 331 g/mol. The molecule has 0 bridgehead atoms. The molecule has 1 aromatic carbocycles. The number of nitrogens with zero attached hydrogens (tertiary/aromatic N) is 3. The van der Waals surface area contributed by atoms with Crippen molar-refractivity contribution in [2.75, 3.05) is 20.8 Å². The van der Waals surface area contributed by atoms with Gasteiger partial charge in [-0.3, -0.25) is 4.79 Å². The Kier molecular flexibility index (Phi) is 4.69. The van der Waals surface area contributed by atoms with E-state index in [1.165, 1.54) is 0 Å². The third-order valence-electron chi connectivity index (χ3n) is 4.19. The van der Waals surface area contributed by atoms with Crippen molar-refractivity contribution in [1.82, 2.24) is 15.0 Å². The summed E-state index contributed by atoms with van der Waals surface area (Å²) in [4.78, 5) is 18.4. The Balaban J connectivity index is 1.70. The fourth-order valence-corrected chi connectivity index (χ4v) is 2.87. The number of amides is 1. The Morgan fingerprint density at radius 3 is 2.75 bits per heavy atom. The van der Waals surface area contributed by atoms with Gasteiger partial charge in [0.05, 0.1) is 20.1 Å². The predicted octanol–water partition coefficient (Wildman–Crippen LogP) is 2.17. The van der Waals surface area contributed by atoms with Crippen LogP contribution in [-0.2, 0) is 17.8 Å². The molecular formula is C17H21N3O4. The summed E-state index contributed by atoms with van der Waals surface area (Å²) in [5, 5.41) is 3.91. The molecule has 0 N–H and O–H groups in total. The highest BCUT2D eigenvalue weighted by atomic mass is 16.5. The Bertz CT molecular complexity index is 728. The summed E-state index contributed by atoms with van der Waals surface area (Å²) in [5.41, 5.74) is 0.987. The lowest BCUT2D eigenvalue weighted by molar-refractivity contribution is -0.128. The average molecular weight is 331 g/mol. The van der Waals surface area contributed by atoms with Gasteiger partial charge in [0.1, 0.15) is 0 Å². The number of hydrogen-bond donors (Lipinski definition) is 0. The summed E-state index contributed by atoms with van der Waals surface area (Å²) in [6.07, 6.45) is 1.12. The largest absolute Gasteiger partial charge is 0.493 e. The summed E-state index contributed by atoms with van der Waals surface area (Å²) < 4.78 is 15.8. The molecule has 0 radical (unpaired) electrons. The van der Waals surface area contributed by atoms with Crippen LogP contribution in [0.15, 0.2) is 22.7 Å². The highest BCUT2D eigenvalue weighted by Gasteiger charge is 2.34. The van der Waals surface area contributed by atoms with Gasteiger partial charge in [0.2, 0.25) is 11.8 Å². The fourth-order valence-electron chi connectivity index (χ4n) is 2.87. The van der Waals surface area contributed by atoms with Crippen molar-refractivity contribution in [2.45, 2.75) is 32.2 Å². The van der Waals surface area contributed by atoms with Gasteiger partial charge in [0.25, 0.3) is 0 Å². The first-order valence-corrected chi connectivity index (χ1v) is 7.95. The van der Waals surface area contributed by atoms with Gasteiger partial charge in [-0.05, 0) is 17.7 Å². The Hall–Kier alpha value is -2.57. The number of hydrogen-bond acceptors (Lipinski definition) is 6. The number of methoxy groups -OCH3 is 2. The van der Waals surface area contributed by atoms with Crippen molar-refractivity contribution in [3.8, 4) is 11.5 Å². The summed E-state index contributed by atoms with van der Waals surface area (Å²) in [6.45, 7) is 3.07. The Morgan fingerprint density at radius 1 is 1.29 bits per heavy atom. The minimum atomic E-state index is -0.0366. The summed E-state index contributed by atoms with van der Waals surface area (Å²) in [5.74, 6) is 2.61. The highest BCUT2D eigenvalue weighted by molar-refractivity contribution is 5.79. The smallest absolute Gasteiger partial charge is 0.232 e. The number of carbonyl (C=O) groups is 1. The lowest BCUT2D eigenvalue weighted by Crippen LogP contribution is -2.24.